The molecule has 0 spiro atoms. The molecule has 1 aromatic carbocycles. The molecular formula is C15H25BrN2O. The van der Waals surface area contributed by atoms with Gasteiger partial charge in [0, 0.05) is 29.2 Å². The van der Waals surface area contributed by atoms with Gasteiger partial charge in [-0.1, -0.05) is 28.1 Å². The van der Waals surface area contributed by atoms with Crippen molar-refractivity contribution >= 4 is 15.9 Å². The zero-order chi connectivity index (χ0) is 14.3. The lowest BCUT2D eigenvalue weighted by Crippen LogP contribution is -2.53. The molecule has 0 saturated carbocycles. The monoisotopic (exact) mass is 328 g/mol. The van der Waals surface area contributed by atoms with E-state index in [4.69, 9.17) is 10.8 Å². The molecule has 1 aromatic rings. The number of hydrogen-bond donors (Lipinski definition) is 3. The maximum atomic E-state index is 8.87. The molecule has 0 fully saturated rings. The van der Waals surface area contributed by atoms with Gasteiger partial charge in [-0.05, 0) is 50.8 Å². The van der Waals surface area contributed by atoms with Crippen LogP contribution < -0.4 is 11.1 Å². The number of nitrogens with one attached hydrogen (secondary N) is 1. The van der Waals surface area contributed by atoms with Gasteiger partial charge in [0.2, 0.25) is 0 Å². The van der Waals surface area contributed by atoms with Crippen LogP contribution in [0.15, 0.2) is 28.7 Å². The van der Waals surface area contributed by atoms with E-state index in [-0.39, 0.29) is 12.1 Å². The maximum Gasteiger partial charge on any atom is 0.0431 e. The van der Waals surface area contributed by atoms with E-state index in [1.54, 1.807) is 0 Å². The molecule has 0 aliphatic rings. The molecule has 1 rings (SSSR count). The van der Waals surface area contributed by atoms with Crippen molar-refractivity contribution in [3.05, 3.63) is 34.3 Å². The summed E-state index contributed by atoms with van der Waals surface area (Å²) in [6.45, 7) is 5.14. The summed E-state index contributed by atoms with van der Waals surface area (Å²) in [5, 5.41) is 12.5. The summed E-state index contributed by atoms with van der Waals surface area (Å²) in [5.41, 5.74) is 7.11. The summed E-state index contributed by atoms with van der Waals surface area (Å²) < 4.78 is 1.09. The Balaban J connectivity index is 2.61. The highest BCUT2D eigenvalue weighted by Crippen LogP contribution is 2.17. The lowest BCUT2D eigenvalue weighted by molar-refractivity contribution is 0.259. The fraction of sp³-hybridized carbons (Fsp3) is 0.600. The minimum atomic E-state index is -0.108. The number of aliphatic hydroxyl groups excluding tert-OH is 1. The van der Waals surface area contributed by atoms with Crippen LogP contribution in [0.2, 0.25) is 0 Å². The van der Waals surface area contributed by atoms with E-state index in [0.717, 1.165) is 23.7 Å². The normalized spacial score (nSPS) is 16.1. The molecule has 3 nitrogen and oxygen atoms in total. The fourth-order valence-corrected chi connectivity index (χ4v) is 2.56. The molecule has 19 heavy (non-hydrogen) atoms. The molecule has 0 saturated heterocycles. The van der Waals surface area contributed by atoms with Crippen LogP contribution in [0.25, 0.3) is 0 Å². The van der Waals surface area contributed by atoms with Crippen LogP contribution in [-0.2, 0) is 6.42 Å². The van der Waals surface area contributed by atoms with Crippen molar-refractivity contribution in [3.63, 3.8) is 0 Å². The number of halogens is 1. The van der Waals surface area contributed by atoms with Crippen molar-refractivity contribution in [2.24, 2.45) is 5.73 Å². The van der Waals surface area contributed by atoms with Gasteiger partial charge < -0.3 is 16.2 Å². The van der Waals surface area contributed by atoms with Gasteiger partial charge >= 0.3 is 0 Å². The summed E-state index contributed by atoms with van der Waals surface area (Å²) >= 11 is 3.45. The van der Waals surface area contributed by atoms with Crippen molar-refractivity contribution in [1.29, 1.82) is 0 Å². The van der Waals surface area contributed by atoms with Gasteiger partial charge in [-0.25, -0.2) is 0 Å². The van der Waals surface area contributed by atoms with Crippen molar-refractivity contribution in [2.45, 2.75) is 44.7 Å². The number of hydrogen-bond acceptors (Lipinski definition) is 3. The molecule has 4 heteroatoms. The predicted molar refractivity (Wildman–Crippen MR) is 84.2 cm³/mol. The zero-order valence-corrected chi connectivity index (χ0v) is 13.4. The Morgan fingerprint density at radius 3 is 2.53 bits per heavy atom. The average Bonchev–Trinajstić information content (AvgIpc) is 2.39. The van der Waals surface area contributed by atoms with Crippen molar-refractivity contribution in [3.8, 4) is 0 Å². The average molecular weight is 329 g/mol. The summed E-state index contributed by atoms with van der Waals surface area (Å²) in [4.78, 5) is 0. The maximum absolute atomic E-state index is 8.87. The topological polar surface area (TPSA) is 58.3 Å². The van der Waals surface area contributed by atoms with Crippen LogP contribution in [0.5, 0.6) is 0 Å². The number of nitrogens with two attached hydrogens (primary N) is 1. The number of aliphatic hydroxyl groups is 1. The number of benzene rings is 1. The highest BCUT2D eigenvalue weighted by Gasteiger charge is 2.24. The third-order valence-electron chi connectivity index (χ3n) is 3.35. The first-order chi connectivity index (χ1) is 8.99. The van der Waals surface area contributed by atoms with Crippen LogP contribution in [0.3, 0.4) is 0 Å². The first-order valence-electron chi connectivity index (χ1n) is 6.82. The van der Waals surface area contributed by atoms with Crippen LogP contribution >= 0.6 is 15.9 Å². The molecule has 0 heterocycles. The van der Waals surface area contributed by atoms with Gasteiger partial charge in [-0.15, -0.1) is 0 Å². The van der Waals surface area contributed by atoms with E-state index in [0.29, 0.717) is 12.6 Å². The minimum absolute atomic E-state index is 0.108. The molecule has 2 unspecified atom stereocenters. The summed E-state index contributed by atoms with van der Waals surface area (Å²) in [6, 6.07) is 8.72. The van der Waals surface area contributed by atoms with E-state index in [2.05, 4.69) is 59.4 Å². The Hall–Kier alpha value is -0.420. The molecule has 0 amide bonds. The lowest BCUT2D eigenvalue weighted by Gasteiger charge is -2.33. The van der Waals surface area contributed by atoms with Crippen molar-refractivity contribution in [1.82, 2.24) is 5.32 Å². The zero-order valence-electron chi connectivity index (χ0n) is 11.8. The molecule has 0 aliphatic carbocycles. The van der Waals surface area contributed by atoms with E-state index < -0.39 is 0 Å². The lowest BCUT2D eigenvalue weighted by atomic mass is 9.91. The third kappa shape index (κ3) is 6.04. The SMILES string of the molecule is CC(CCCO)NC(C)(CN)Cc1ccc(Br)cc1. The van der Waals surface area contributed by atoms with E-state index >= 15 is 0 Å². The predicted octanol–water partition coefficient (Wildman–Crippen LogP) is 2.46. The molecule has 0 radical (unpaired) electrons. The Kier molecular flexibility index (Phi) is 7.00. The third-order valence-corrected chi connectivity index (χ3v) is 3.88. The second kappa shape index (κ2) is 8.00. The van der Waals surface area contributed by atoms with E-state index in [9.17, 15) is 0 Å². The van der Waals surface area contributed by atoms with Crippen molar-refractivity contribution < 1.29 is 5.11 Å². The van der Waals surface area contributed by atoms with Gasteiger partial charge in [0.05, 0.1) is 0 Å². The smallest absolute Gasteiger partial charge is 0.0431 e. The minimum Gasteiger partial charge on any atom is -0.396 e. The second-order valence-electron chi connectivity index (χ2n) is 5.48. The molecule has 0 aliphatic heterocycles. The van der Waals surface area contributed by atoms with Gasteiger partial charge in [-0.3, -0.25) is 0 Å². The largest absolute Gasteiger partial charge is 0.396 e. The summed E-state index contributed by atoms with van der Waals surface area (Å²) in [6.07, 6.45) is 2.69. The van der Waals surface area contributed by atoms with Crippen LogP contribution in [-0.4, -0.2) is 29.8 Å². The highest BCUT2D eigenvalue weighted by atomic mass is 79.9. The highest BCUT2D eigenvalue weighted by molar-refractivity contribution is 9.10. The van der Waals surface area contributed by atoms with E-state index in [1.807, 2.05) is 0 Å². The second-order valence-corrected chi connectivity index (χ2v) is 6.39. The molecule has 4 N–H and O–H groups in total. The quantitative estimate of drug-likeness (QED) is 0.687. The van der Waals surface area contributed by atoms with Gasteiger partial charge in [-0.2, -0.15) is 0 Å². The van der Waals surface area contributed by atoms with Crippen LogP contribution in [0, 0.1) is 0 Å². The molecule has 2 atom stereocenters. The van der Waals surface area contributed by atoms with Crippen LogP contribution in [0.4, 0.5) is 0 Å². The van der Waals surface area contributed by atoms with Gasteiger partial charge in [0.15, 0.2) is 0 Å². The van der Waals surface area contributed by atoms with Gasteiger partial charge in [0.1, 0.15) is 0 Å². The Morgan fingerprint density at radius 2 is 2.00 bits per heavy atom. The van der Waals surface area contributed by atoms with Gasteiger partial charge in [0.25, 0.3) is 0 Å². The summed E-state index contributed by atoms with van der Waals surface area (Å²) in [5.74, 6) is 0. The van der Waals surface area contributed by atoms with E-state index in [1.165, 1.54) is 5.56 Å². The molecule has 0 bridgehead atoms. The number of rotatable bonds is 8. The first-order valence-corrected chi connectivity index (χ1v) is 7.61. The Morgan fingerprint density at radius 1 is 1.37 bits per heavy atom. The summed E-state index contributed by atoms with van der Waals surface area (Å²) in [7, 11) is 0. The molecule has 108 valence electrons. The van der Waals surface area contributed by atoms with Crippen LogP contribution in [0.1, 0.15) is 32.3 Å². The Bertz CT molecular complexity index is 369. The fourth-order valence-electron chi connectivity index (χ4n) is 2.30. The van der Waals surface area contributed by atoms with Crippen molar-refractivity contribution in [2.75, 3.05) is 13.2 Å². The molecule has 0 aromatic heterocycles. The first kappa shape index (κ1) is 16.6. The molecular weight excluding hydrogens is 304 g/mol. The standard InChI is InChI=1S/C15H25BrN2O/c1-12(4-3-9-19)18-15(2,11-17)10-13-5-7-14(16)8-6-13/h5-8,12,18-19H,3-4,9-11,17H2,1-2H3. The Labute approximate surface area is 124 Å².